The van der Waals surface area contributed by atoms with Crippen molar-refractivity contribution in [2.45, 2.75) is 39.2 Å². The van der Waals surface area contributed by atoms with E-state index >= 15 is 0 Å². The van der Waals surface area contributed by atoms with Gasteiger partial charge in [-0.05, 0) is 26.7 Å². The van der Waals surface area contributed by atoms with E-state index in [2.05, 4.69) is 29.1 Å². The first-order valence-electron chi connectivity index (χ1n) is 5.81. The number of nitrogens with one attached hydrogen (secondary N) is 1. The number of aromatic nitrogens is 2. The second kappa shape index (κ2) is 5.82. The maximum absolute atomic E-state index is 9.07. The number of aliphatic hydroxyl groups excluding tert-OH is 1. The number of aryl methyl sites for hydroxylation is 1. The summed E-state index contributed by atoms with van der Waals surface area (Å²) in [6.45, 7) is 6.11. The van der Waals surface area contributed by atoms with Crippen LogP contribution in [-0.4, -0.2) is 34.3 Å². The van der Waals surface area contributed by atoms with E-state index in [0.717, 1.165) is 12.2 Å². The fraction of sp³-hybridized carbons (Fsp3) is 0.667. The van der Waals surface area contributed by atoms with Crippen molar-refractivity contribution in [3.63, 3.8) is 0 Å². The van der Waals surface area contributed by atoms with Crippen LogP contribution < -0.4 is 10.1 Å². The van der Waals surface area contributed by atoms with Crippen LogP contribution in [0.4, 0.5) is 5.82 Å². The van der Waals surface area contributed by atoms with Gasteiger partial charge in [-0.2, -0.15) is 4.98 Å². The first kappa shape index (κ1) is 13.7. The molecule has 1 heterocycles. The van der Waals surface area contributed by atoms with Crippen LogP contribution in [0.3, 0.4) is 0 Å². The third kappa shape index (κ3) is 3.85. The summed E-state index contributed by atoms with van der Waals surface area (Å²) in [4.78, 5) is 8.44. The van der Waals surface area contributed by atoms with Crippen molar-refractivity contribution < 1.29 is 9.84 Å². The molecule has 1 unspecified atom stereocenters. The number of aliphatic hydroxyl groups is 1. The first-order chi connectivity index (χ1) is 8.03. The van der Waals surface area contributed by atoms with Crippen LogP contribution in [-0.2, 0) is 0 Å². The maximum atomic E-state index is 9.07. The predicted octanol–water partition coefficient (Wildman–Crippen LogP) is 1.76. The summed E-state index contributed by atoms with van der Waals surface area (Å²) >= 11 is 0. The lowest BCUT2D eigenvalue weighted by Crippen LogP contribution is -2.35. The fourth-order valence-corrected chi connectivity index (χ4v) is 1.59. The monoisotopic (exact) mass is 239 g/mol. The van der Waals surface area contributed by atoms with Gasteiger partial charge in [-0.15, -0.1) is 0 Å². The van der Waals surface area contributed by atoms with Crippen LogP contribution in [0.5, 0.6) is 5.88 Å². The highest BCUT2D eigenvalue weighted by Gasteiger charge is 2.21. The van der Waals surface area contributed by atoms with Crippen molar-refractivity contribution in [1.82, 2.24) is 9.97 Å². The molecule has 0 radical (unpaired) electrons. The van der Waals surface area contributed by atoms with E-state index in [1.54, 1.807) is 13.2 Å². The summed E-state index contributed by atoms with van der Waals surface area (Å²) in [6.07, 6.45) is 1.58. The zero-order valence-corrected chi connectivity index (χ0v) is 10.9. The van der Waals surface area contributed by atoms with Gasteiger partial charge < -0.3 is 15.2 Å². The van der Waals surface area contributed by atoms with Gasteiger partial charge in [0.2, 0.25) is 5.88 Å². The molecule has 0 fully saturated rings. The van der Waals surface area contributed by atoms with Crippen LogP contribution in [0, 0.1) is 6.92 Å². The van der Waals surface area contributed by atoms with Crippen molar-refractivity contribution >= 4 is 5.82 Å². The molecule has 0 aliphatic carbocycles. The molecule has 0 amide bonds. The zero-order valence-electron chi connectivity index (χ0n) is 10.9. The highest BCUT2D eigenvalue weighted by Crippen LogP contribution is 2.22. The Kier molecular flexibility index (Phi) is 4.69. The average molecular weight is 239 g/mol. The van der Waals surface area contributed by atoms with Crippen LogP contribution >= 0.6 is 0 Å². The van der Waals surface area contributed by atoms with Gasteiger partial charge in [0.1, 0.15) is 11.6 Å². The molecule has 1 aromatic rings. The molecule has 17 heavy (non-hydrogen) atoms. The maximum Gasteiger partial charge on any atom is 0.218 e. The minimum Gasteiger partial charge on any atom is -0.481 e. The lowest BCUT2D eigenvalue weighted by Gasteiger charge is -2.29. The van der Waals surface area contributed by atoms with E-state index in [1.165, 1.54) is 0 Å². The Morgan fingerprint density at radius 1 is 1.47 bits per heavy atom. The predicted molar refractivity (Wildman–Crippen MR) is 67.3 cm³/mol. The van der Waals surface area contributed by atoms with E-state index in [9.17, 15) is 0 Å². The lowest BCUT2D eigenvalue weighted by atomic mass is 9.95. The van der Waals surface area contributed by atoms with E-state index in [4.69, 9.17) is 9.84 Å². The SMILES string of the molecule is CCC(C)(CCO)Nc1cc(OC)nc(C)n1. The molecule has 2 N–H and O–H groups in total. The number of rotatable bonds is 6. The smallest absolute Gasteiger partial charge is 0.218 e. The van der Waals surface area contributed by atoms with Gasteiger partial charge in [-0.3, -0.25) is 0 Å². The van der Waals surface area contributed by atoms with Gasteiger partial charge >= 0.3 is 0 Å². The third-order valence-corrected chi connectivity index (χ3v) is 2.90. The summed E-state index contributed by atoms with van der Waals surface area (Å²) in [5, 5.41) is 12.4. The molecule has 5 nitrogen and oxygen atoms in total. The number of hydrogen-bond acceptors (Lipinski definition) is 5. The van der Waals surface area contributed by atoms with Gasteiger partial charge in [0, 0.05) is 18.2 Å². The van der Waals surface area contributed by atoms with Crippen LogP contribution in [0.15, 0.2) is 6.07 Å². The van der Waals surface area contributed by atoms with Crippen molar-refractivity contribution in [1.29, 1.82) is 0 Å². The molecular formula is C12H21N3O2. The normalized spacial score (nSPS) is 14.2. The summed E-state index contributed by atoms with van der Waals surface area (Å²) in [5.74, 6) is 1.93. The number of anilines is 1. The number of hydrogen-bond donors (Lipinski definition) is 2. The Balaban J connectivity index is 2.89. The molecule has 0 saturated heterocycles. The second-order valence-corrected chi connectivity index (χ2v) is 4.36. The van der Waals surface area contributed by atoms with E-state index in [0.29, 0.717) is 18.1 Å². The highest BCUT2D eigenvalue weighted by atomic mass is 16.5. The van der Waals surface area contributed by atoms with Crippen molar-refractivity contribution in [2.75, 3.05) is 19.0 Å². The second-order valence-electron chi connectivity index (χ2n) is 4.36. The summed E-state index contributed by atoms with van der Waals surface area (Å²) in [6, 6.07) is 1.76. The molecule has 0 bridgehead atoms. The van der Waals surface area contributed by atoms with E-state index in [1.807, 2.05) is 6.92 Å². The zero-order chi connectivity index (χ0) is 12.9. The molecule has 0 aliphatic heterocycles. The van der Waals surface area contributed by atoms with Crippen molar-refractivity contribution in [3.8, 4) is 5.88 Å². The van der Waals surface area contributed by atoms with Crippen LogP contribution in [0.1, 0.15) is 32.5 Å². The minimum atomic E-state index is -0.166. The lowest BCUT2D eigenvalue weighted by molar-refractivity contribution is 0.251. The molecule has 1 rings (SSSR count). The number of methoxy groups -OCH3 is 1. The quantitative estimate of drug-likeness (QED) is 0.791. The molecule has 0 spiro atoms. The van der Waals surface area contributed by atoms with Crippen molar-refractivity contribution in [2.24, 2.45) is 0 Å². The van der Waals surface area contributed by atoms with Gasteiger partial charge in [-0.1, -0.05) is 6.92 Å². The first-order valence-corrected chi connectivity index (χ1v) is 5.81. The number of nitrogens with zero attached hydrogens (tertiary/aromatic N) is 2. The topological polar surface area (TPSA) is 67.3 Å². The summed E-state index contributed by atoms with van der Waals surface area (Å²) < 4.78 is 5.10. The van der Waals surface area contributed by atoms with E-state index in [-0.39, 0.29) is 12.1 Å². The molecule has 96 valence electrons. The van der Waals surface area contributed by atoms with Crippen LogP contribution in [0.25, 0.3) is 0 Å². The van der Waals surface area contributed by atoms with Gasteiger partial charge in [0.05, 0.1) is 7.11 Å². The molecule has 1 aromatic heterocycles. The van der Waals surface area contributed by atoms with Crippen molar-refractivity contribution in [3.05, 3.63) is 11.9 Å². The molecular weight excluding hydrogens is 218 g/mol. The van der Waals surface area contributed by atoms with Gasteiger partial charge in [0.15, 0.2) is 0 Å². The third-order valence-electron chi connectivity index (χ3n) is 2.90. The minimum absolute atomic E-state index is 0.151. The van der Waals surface area contributed by atoms with E-state index < -0.39 is 0 Å². The average Bonchev–Trinajstić information content (AvgIpc) is 2.28. The fourth-order valence-electron chi connectivity index (χ4n) is 1.59. The molecule has 0 aliphatic rings. The Labute approximate surface area is 102 Å². The molecule has 0 aromatic carbocycles. The van der Waals surface area contributed by atoms with Gasteiger partial charge in [-0.25, -0.2) is 4.98 Å². The summed E-state index contributed by atoms with van der Waals surface area (Å²) in [7, 11) is 1.58. The van der Waals surface area contributed by atoms with Gasteiger partial charge in [0.25, 0.3) is 0 Å². The Bertz CT molecular complexity index is 371. The molecule has 5 heteroatoms. The Morgan fingerprint density at radius 2 is 2.18 bits per heavy atom. The highest BCUT2D eigenvalue weighted by molar-refractivity contribution is 5.40. The molecule has 0 saturated carbocycles. The summed E-state index contributed by atoms with van der Waals surface area (Å²) in [5.41, 5.74) is -0.166. The largest absolute Gasteiger partial charge is 0.481 e. The Hall–Kier alpha value is -1.36. The molecule has 1 atom stereocenters. The van der Waals surface area contributed by atoms with Crippen LogP contribution in [0.2, 0.25) is 0 Å². The Morgan fingerprint density at radius 3 is 2.71 bits per heavy atom. The standard InChI is InChI=1S/C12H21N3O2/c1-5-12(3,6-7-16)15-10-8-11(17-4)14-9(2)13-10/h8,16H,5-7H2,1-4H3,(H,13,14,15). The number of ether oxygens (including phenoxy) is 1.